The zero-order valence-electron chi connectivity index (χ0n) is 11.3. The van der Waals surface area contributed by atoms with Crippen LogP contribution in [0, 0.1) is 0 Å². The Hall–Kier alpha value is -0.930. The average molecular weight is 235 g/mol. The summed E-state index contributed by atoms with van der Waals surface area (Å²) in [7, 11) is 2.20. The first-order valence-corrected chi connectivity index (χ1v) is 6.54. The monoisotopic (exact) mass is 235 g/mol. The van der Waals surface area contributed by atoms with Gasteiger partial charge in [-0.2, -0.15) is 0 Å². The van der Waals surface area contributed by atoms with Gasteiger partial charge in [0, 0.05) is 38.1 Å². The number of aromatic nitrogens is 1. The molecule has 0 aromatic carbocycles. The summed E-state index contributed by atoms with van der Waals surface area (Å²) in [4.78, 5) is 6.52. The van der Waals surface area contributed by atoms with Crippen molar-refractivity contribution in [3.05, 3.63) is 30.1 Å². The highest BCUT2D eigenvalue weighted by atomic mass is 15.1. The number of hydrogen-bond donors (Lipinski definition) is 1. The molecule has 17 heavy (non-hydrogen) atoms. The molecule has 1 N–H and O–H groups in total. The number of rotatable bonds is 8. The van der Waals surface area contributed by atoms with E-state index in [2.05, 4.69) is 42.2 Å². The molecule has 1 aromatic rings. The van der Waals surface area contributed by atoms with Crippen LogP contribution in [-0.2, 0) is 6.54 Å². The van der Waals surface area contributed by atoms with Crippen molar-refractivity contribution in [3.8, 4) is 0 Å². The van der Waals surface area contributed by atoms with Crippen LogP contribution in [-0.4, -0.2) is 36.1 Å². The van der Waals surface area contributed by atoms with E-state index in [9.17, 15) is 0 Å². The smallest absolute Gasteiger partial charge is 0.0312 e. The summed E-state index contributed by atoms with van der Waals surface area (Å²) in [6.45, 7) is 7.57. The molecule has 0 aliphatic carbocycles. The first kappa shape index (κ1) is 14.1. The summed E-state index contributed by atoms with van der Waals surface area (Å²) < 4.78 is 0. The van der Waals surface area contributed by atoms with Gasteiger partial charge in [-0.3, -0.25) is 4.98 Å². The normalized spacial score (nSPS) is 12.9. The maximum Gasteiger partial charge on any atom is 0.0312 e. The number of pyridine rings is 1. The van der Waals surface area contributed by atoms with E-state index >= 15 is 0 Å². The van der Waals surface area contributed by atoms with Crippen LogP contribution >= 0.6 is 0 Å². The maximum absolute atomic E-state index is 4.10. The quantitative estimate of drug-likeness (QED) is 0.701. The molecule has 0 aliphatic heterocycles. The molecule has 3 nitrogen and oxygen atoms in total. The van der Waals surface area contributed by atoms with E-state index in [-0.39, 0.29) is 0 Å². The predicted molar refractivity (Wildman–Crippen MR) is 72.9 cm³/mol. The average Bonchev–Trinajstić information content (AvgIpc) is 2.36. The molecule has 0 fully saturated rings. The lowest BCUT2D eigenvalue weighted by Crippen LogP contribution is -2.35. The van der Waals surface area contributed by atoms with Gasteiger partial charge in [0.05, 0.1) is 0 Å². The van der Waals surface area contributed by atoms with Crippen molar-refractivity contribution in [2.24, 2.45) is 0 Å². The molecular formula is C14H25N3. The molecule has 1 rings (SSSR count). The van der Waals surface area contributed by atoms with E-state index in [1.165, 1.54) is 18.4 Å². The van der Waals surface area contributed by atoms with E-state index in [1.54, 1.807) is 0 Å². The summed E-state index contributed by atoms with van der Waals surface area (Å²) in [6, 6.07) is 4.76. The van der Waals surface area contributed by atoms with Crippen LogP contribution < -0.4 is 5.32 Å². The predicted octanol–water partition coefficient (Wildman–Crippen LogP) is 2.29. The third-order valence-electron chi connectivity index (χ3n) is 3.15. The van der Waals surface area contributed by atoms with Gasteiger partial charge in [-0.05, 0) is 32.0 Å². The third-order valence-corrected chi connectivity index (χ3v) is 3.15. The Morgan fingerprint density at radius 2 is 2.29 bits per heavy atom. The molecule has 3 heteroatoms. The van der Waals surface area contributed by atoms with E-state index in [0.717, 1.165) is 19.6 Å². The van der Waals surface area contributed by atoms with Crippen LogP contribution in [0.2, 0.25) is 0 Å². The van der Waals surface area contributed by atoms with Gasteiger partial charge in [0.2, 0.25) is 0 Å². The van der Waals surface area contributed by atoms with Gasteiger partial charge in [0.15, 0.2) is 0 Å². The Bertz CT molecular complexity index is 287. The lowest BCUT2D eigenvalue weighted by atomic mass is 10.2. The van der Waals surface area contributed by atoms with Crippen LogP contribution in [0.4, 0.5) is 0 Å². The Morgan fingerprint density at radius 3 is 2.94 bits per heavy atom. The molecule has 1 unspecified atom stereocenters. The highest BCUT2D eigenvalue weighted by molar-refractivity contribution is 5.07. The number of hydrogen-bond acceptors (Lipinski definition) is 3. The molecule has 0 aliphatic rings. The molecule has 0 amide bonds. The van der Waals surface area contributed by atoms with E-state index in [0.29, 0.717) is 6.04 Å². The zero-order chi connectivity index (χ0) is 12.5. The van der Waals surface area contributed by atoms with E-state index in [4.69, 9.17) is 0 Å². The van der Waals surface area contributed by atoms with Crippen molar-refractivity contribution in [1.82, 2.24) is 15.2 Å². The Labute approximate surface area is 105 Å². The van der Waals surface area contributed by atoms with Gasteiger partial charge in [0.1, 0.15) is 0 Å². The van der Waals surface area contributed by atoms with Crippen LogP contribution in [0.5, 0.6) is 0 Å². The molecule has 1 heterocycles. The summed E-state index contributed by atoms with van der Waals surface area (Å²) in [5, 5.41) is 3.45. The Kier molecular flexibility index (Phi) is 6.82. The van der Waals surface area contributed by atoms with Crippen molar-refractivity contribution in [3.63, 3.8) is 0 Å². The van der Waals surface area contributed by atoms with Gasteiger partial charge in [-0.25, -0.2) is 0 Å². The number of nitrogens with zero attached hydrogens (tertiary/aromatic N) is 2. The molecule has 1 atom stereocenters. The fourth-order valence-electron chi connectivity index (χ4n) is 1.85. The second kappa shape index (κ2) is 8.20. The highest BCUT2D eigenvalue weighted by Crippen LogP contribution is 2.02. The second-order valence-electron chi connectivity index (χ2n) is 4.66. The summed E-state index contributed by atoms with van der Waals surface area (Å²) in [6.07, 6.45) is 6.26. The number of nitrogens with one attached hydrogen (secondary N) is 1. The fourth-order valence-corrected chi connectivity index (χ4v) is 1.85. The van der Waals surface area contributed by atoms with Crippen molar-refractivity contribution >= 4 is 0 Å². The first-order valence-electron chi connectivity index (χ1n) is 6.54. The summed E-state index contributed by atoms with van der Waals surface area (Å²) in [5.74, 6) is 0. The van der Waals surface area contributed by atoms with E-state index in [1.807, 2.05) is 18.5 Å². The minimum absolute atomic E-state index is 0.681. The molecular weight excluding hydrogens is 210 g/mol. The van der Waals surface area contributed by atoms with Crippen LogP contribution in [0.3, 0.4) is 0 Å². The second-order valence-corrected chi connectivity index (χ2v) is 4.66. The highest BCUT2D eigenvalue weighted by Gasteiger charge is 2.06. The minimum Gasteiger partial charge on any atom is -0.311 e. The SMILES string of the molecule is CCCC(C)N(C)CCNCc1cccnc1. The lowest BCUT2D eigenvalue weighted by Gasteiger charge is -2.24. The van der Waals surface area contributed by atoms with Crippen LogP contribution in [0.1, 0.15) is 32.3 Å². The fraction of sp³-hybridized carbons (Fsp3) is 0.643. The zero-order valence-corrected chi connectivity index (χ0v) is 11.3. The standard InChI is InChI=1S/C14H25N3/c1-4-6-13(2)17(3)10-9-16-12-14-7-5-8-15-11-14/h5,7-8,11,13,16H,4,6,9-10,12H2,1-3H3. The van der Waals surface area contributed by atoms with Crippen molar-refractivity contribution < 1.29 is 0 Å². The van der Waals surface area contributed by atoms with Crippen molar-refractivity contribution in [2.45, 2.75) is 39.3 Å². The van der Waals surface area contributed by atoms with Gasteiger partial charge < -0.3 is 10.2 Å². The molecule has 0 bridgehead atoms. The molecule has 1 aromatic heterocycles. The Morgan fingerprint density at radius 1 is 1.47 bits per heavy atom. The lowest BCUT2D eigenvalue weighted by molar-refractivity contribution is 0.244. The molecule has 96 valence electrons. The van der Waals surface area contributed by atoms with Gasteiger partial charge >= 0.3 is 0 Å². The topological polar surface area (TPSA) is 28.2 Å². The molecule has 0 spiro atoms. The van der Waals surface area contributed by atoms with Gasteiger partial charge in [-0.1, -0.05) is 19.4 Å². The van der Waals surface area contributed by atoms with Gasteiger partial charge in [0.25, 0.3) is 0 Å². The minimum atomic E-state index is 0.681. The summed E-state index contributed by atoms with van der Waals surface area (Å²) in [5.41, 5.74) is 1.25. The van der Waals surface area contributed by atoms with Crippen LogP contribution in [0.15, 0.2) is 24.5 Å². The van der Waals surface area contributed by atoms with Crippen LogP contribution in [0.25, 0.3) is 0 Å². The van der Waals surface area contributed by atoms with Crippen molar-refractivity contribution in [2.75, 3.05) is 20.1 Å². The molecule has 0 saturated heterocycles. The number of likely N-dealkylation sites (N-methyl/N-ethyl adjacent to an activating group) is 1. The first-order chi connectivity index (χ1) is 8.24. The Balaban J connectivity index is 2.12. The summed E-state index contributed by atoms with van der Waals surface area (Å²) >= 11 is 0. The van der Waals surface area contributed by atoms with E-state index < -0.39 is 0 Å². The molecule has 0 radical (unpaired) electrons. The van der Waals surface area contributed by atoms with Crippen molar-refractivity contribution in [1.29, 1.82) is 0 Å². The largest absolute Gasteiger partial charge is 0.311 e. The van der Waals surface area contributed by atoms with Gasteiger partial charge in [-0.15, -0.1) is 0 Å². The maximum atomic E-state index is 4.10. The third kappa shape index (κ3) is 5.80. The molecule has 0 saturated carbocycles.